The molecule has 0 radical (unpaired) electrons. The third-order valence-electron chi connectivity index (χ3n) is 3.29. The van der Waals surface area contributed by atoms with E-state index in [1.54, 1.807) is 0 Å². The van der Waals surface area contributed by atoms with Gasteiger partial charge in [-0.05, 0) is 33.3 Å². The van der Waals surface area contributed by atoms with Crippen molar-refractivity contribution in [2.24, 2.45) is 0 Å². The van der Waals surface area contributed by atoms with E-state index in [4.69, 9.17) is 5.73 Å². The van der Waals surface area contributed by atoms with Gasteiger partial charge >= 0.3 is 0 Å². The number of aryl methyl sites for hydroxylation is 1. The van der Waals surface area contributed by atoms with Crippen molar-refractivity contribution in [1.29, 1.82) is 0 Å². The Balaban J connectivity index is 2.44. The van der Waals surface area contributed by atoms with Gasteiger partial charge in [-0.15, -0.1) is 0 Å². The Hall–Kier alpha value is -1.42. The van der Waals surface area contributed by atoms with E-state index < -0.39 is 0 Å². The molecule has 0 bridgehead atoms. The molecule has 2 aromatic rings. The van der Waals surface area contributed by atoms with Gasteiger partial charge in [0, 0.05) is 5.56 Å². The van der Waals surface area contributed by atoms with E-state index >= 15 is 0 Å². The number of aromatic nitrogens is 2. The van der Waals surface area contributed by atoms with Crippen LogP contribution in [0, 0.1) is 0 Å². The molecule has 0 saturated carbocycles. The zero-order valence-electron chi connectivity index (χ0n) is 12.4. The summed E-state index contributed by atoms with van der Waals surface area (Å²) in [5.41, 5.74) is 9.30. The van der Waals surface area contributed by atoms with Crippen molar-refractivity contribution >= 4 is 21.7 Å². The second kappa shape index (κ2) is 5.52. The van der Waals surface area contributed by atoms with Crippen molar-refractivity contribution in [3.63, 3.8) is 0 Å². The topological polar surface area (TPSA) is 51.8 Å². The Morgan fingerprint density at radius 1 is 1.10 bits per heavy atom. The smallest absolute Gasteiger partial charge is 0.161 e. The van der Waals surface area contributed by atoms with Crippen LogP contribution in [0.5, 0.6) is 0 Å². The third kappa shape index (κ3) is 3.01. The number of nitrogens with two attached hydrogens (primary N) is 1. The summed E-state index contributed by atoms with van der Waals surface area (Å²) >= 11 is 3.43. The van der Waals surface area contributed by atoms with Gasteiger partial charge in [0.2, 0.25) is 0 Å². The maximum Gasteiger partial charge on any atom is 0.161 e. The van der Waals surface area contributed by atoms with Crippen LogP contribution >= 0.6 is 15.9 Å². The van der Waals surface area contributed by atoms with E-state index in [1.807, 2.05) is 0 Å². The zero-order valence-corrected chi connectivity index (χ0v) is 14.0. The fourth-order valence-electron chi connectivity index (χ4n) is 2.00. The summed E-state index contributed by atoms with van der Waals surface area (Å²) in [6.45, 7) is 8.65. The normalized spacial score (nSPS) is 11.7. The minimum Gasteiger partial charge on any atom is -0.383 e. The third-order valence-corrected chi connectivity index (χ3v) is 4.15. The fraction of sp³-hybridized carbons (Fsp3) is 0.375. The van der Waals surface area contributed by atoms with Crippen molar-refractivity contribution < 1.29 is 0 Å². The molecule has 3 nitrogen and oxygen atoms in total. The van der Waals surface area contributed by atoms with Gasteiger partial charge in [-0.2, -0.15) is 0 Å². The van der Waals surface area contributed by atoms with Crippen molar-refractivity contribution in [2.75, 3.05) is 5.73 Å². The first kappa shape index (κ1) is 15.0. The minimum atomic E-state index is 0.146. The van der Waals surface area contributed by atoms with Crippen LogP contribution in [0.3, 0.4) is 0 Å². The molecule has 106 valence electrons. The molecule has 20 heavy (non-hydrogen) atoms. The number of nitrogens with zero attached hydrogens (tertiary/aromatic N) is 2. The second-order valence-electron chi connectivity index (χ2n) is 5.87. The summed E-state index contributed by atoms with van der Waals surface area (Å²) in [4.78, 5) is 8.94. The molecule has 0 fully saturated rings. The molecule has 4 heteroatoms. The maximum absolute atomic E-state index is 5.94. The van der Waals surface area contributed by atoms with Gasteiger partial charge in [0.1, 0.15) is 5.82 Å². The first-order chi connectivity index (χ1) is 9.32. The Bertz CT molecular complexity index is 613. The fourth-order valence-corrected chi connectivity index (χ4v) is 2.45. The van der Waals surface area contributed by atoms with Crippen molar-refractivity contribution in [2.45, 2.75) is 39.5 Å². The van der Waals surface area contributed by atoms with Gasteiger partial charge < -0.3 is 5.73 Å². The SMILES string of the molecule is CCc1nc(-c2ccc(C(C)(C)C)cc2)nc(N)c1Br. The lowest BCUT2D eigenvalue weighted by Crippen LogP contribution is -2.10. The molecule has 0 atom stereocenters. The van der Waals surface area contributed by atoms with Gasteiger partial charge in [-0.3, -0.25) is 0 Å². The molecule has 2 N–H and O–H groups in total. The van der Waals surface area contributed by atoms with Crippen molar-refractivity contribution in [3.05, 3.63) is 40.0 Å². The van der Waals surface area contributed by atoms with Crippen LogP contribution in [0.2, 0.25) is 0 Å². The molecule has 0 amide bonds. The summed E-state index contributed by atoms with van der Waals surface area (Å²) < 4.78 is 0.801. The molecule has 1 heterocycles. The van der Waals surface area contributed by atoms with Crippen LogP contribution < -0.4 is 5.73 Å². The van der Waals surface area contributed by atoms with E-state index in [0.29, 0.717) is 11.6 Å². The van der Waals surface area contributed by atoms with Gasteiger partial charge in [0.05, 0.1) is 10.2 Å². The second-order valence-corrected chi connectivity index (χ2v) is 6.67. The zero-order chi connectivity index (χ0) is 14.9. The summed E-state index contributed by atoms with van der Waals surface area (Å²) in [5.74, 6) is 1.18. The summed E-state index contributed by atoms with van der Waals surface area (Å²) in [6, 6.07) is 8.37. The molecule has 0 spiro atoms. The van der Waals surface area contributed by atoms with Gasteiger partial charge in [0.15, 0.2) is 5.82 Å². The Kier molecular flexibility index (Phi) is 4.14. The largest absolute Gasteiger partial charge is 0.383 e. The van der Waals surface area contributed by atoms with Gasteiger partial charge in [-0.25, -0.2) is 9.97 Å². The summed E-state index contributed by atoms with van der Waals surface area (Å²) in [7, 11) is 0. The van der Waals surface area contributed by atoms with Crippen LogP contribution in [-0.2, 0) is 11.8 Å². The predicted molar refractivity (Wildman–Crippen MR) is 87.7 cm³/mol. The average Bonchev–Trinajstić information content (AvgIpc) is 2.41. The molecule has 2 rings (SSSR count). The lowest BCUT2D eigenvalue weighted by Gasteiger charge is -2.19. The van der Waals surface area contributed by atoms with E-state index in [1.165, 1.54) is 5.56 Å². The Labute approximate surface area is 128 Å². The minimum absolute atomic E-state index is 0.146. The number of hydrogen-bond acceptors (Lipinski definition) is 3. The number of benzene rings is 1. The first-order valence-corrected chi connectivity index (χ1v) is 7.55. The molecule has 0 aliphatic rings. The quantitative estimate of drug-likeness (QED) is 0.888. The highest BCUT2D eigenvalue weighted by Crippen LogP contribution is 2.28. The number of halogens is 1. The monoisotopic (exact) mass is 333 g/mol. The first-order valence-electron chi connectivity index (χ1n) is 6.75. The van der Waals surface area contributed by atoms with E-state index in [0.717, 1.165) is 22.2 Å². The molecular weight excluding hydrogens is 314 g/mol. The van der Waals surface area contributed by atoms with E-state index in [-0.39, 0.29) is 5.41 Å². The standard InChI is InChI=1S/C16H20BrN3/c1-5-12-13(17)14(18)20-15(19-12)10-6-8-11(9-7-10)16(2,3)4/h6-9H,5H2,1-4H3,(H2,18,19,20). The Morgan fingerprint density at radius 3 is 2.20 bits per heavy atom. The Morgan fingerprint density at radius 2 is 1.70 bits per heavy atom. The number of rotatable bonds is 2. The lowest BCUT2D eigenvalue weighted by molar-refractivity contribution is 0.590. The molecule has 1 aromatic carbocycles. The number of anilines is 1. The number of hydrogen-bond donors (Lipinski definition) is 1. The molecule has 0 unspecified atom stereocenters. The highest BCUT2D eigenvalue weighted by atomic mass is 79.9. The molecule has 1 aromatic heterocycles. The molecule has 0 aliphatic heterocycles. The molecular formula is C16H20BrN3. The predicted octanol–water partition coefficient (Wildman–Crippen LogP) is 4.35. The highest BCUT2D eigenvalue weighted by Gasteiger charge is 2.14. The van der Waals surface area contributed by atoms with E-state index in [2.05, 4.69) is 77.9 Å². The van der Waals surface area contributed by atoms with Gasteiger partial charge in [-0.1, -0.05) is 52.0 Å². The van der Waals surface area contributed by atoms with Crippen LogP contribution in [-0.4, -0.2) is 9.97 Å². The summed E-state index contributed by atoms with van der Waals surface area (Å²) in [5, 5.41) is 0. The van der Waals surface area contributed by atoms with Crippen LogP contribution in [0.15, 0.2) is 28.7 Å². The number of nitrogen functional groups attached to an aromatic ring is 1. The highest BCUT2D eigenvalue weighted by molar-refractivity contribution is 9.10. The van der Waals surface area contributed by atoms with Crippen LogP contribution in [0.4, 0.5) is 5.82 Å². The maximum atomic E-state index is 5.94. The molecule has 0 aliphatic carbocycles. The van der Waals surface area contributed by atoms with E-state index in [9.17, 15) is 0 Å². The average molecular weight is 334 g/mol. The lowest BCUT2D eigenvalue weighted by atomic mass is 9.87. The van der Waals surface area contributed by atoms with Crippen LogP contribution in [0.25, 0.3) is 11.4 Å². The van der Waals surface area contributed by atoms with Gasteiger partial charge in [0.25, 0.3) is 0 Å². The van der Waals surface area contributed by atoms with Crippen molar-refractivity contribution in [1.82, 2.24) is 9.97 Å². The van der Waals surface area contributed by atoms with Crippen LogP contribution in [0.1, 0.15) is 39.0 Å². The van der Waals surface area contributed by atoms with Crippen molar-refractivity contribution in [3.8, 4) is 11.4 Å². The summed E-state index contributed by atoms with van der Waals surface area (Å²) in [6.07, 6.45) is 0.820. The molecule has 0 saturated heterocycles.